The minimum Gasteiger partial charge on any atom is -0.496 e. The van der Waals surface area contributed by atoms with E-state index in [1.165, 1.54) is 24.3 Å². The summed E-state index contributed by atoms with van der Waals surface area (Å²) >= 11 is 0. The summed E-state index contributed by atoms with van der Waals surface area (Å²) in [5, 5.41) is 9.38. The van der Waals surface area contributed by atoms with Crippen LogP contribution in [-0.4, -0.2) is 54.0 Å². The zero-order chi connectivity index (χ0) is 59.4. The highest BCUT2D eigenvalue weighted by atomic mass is 31.1. The number of aromatic nitrogens is 4. The maximum Gasteiger partial charge on any atom is 0.244 e. The van der Waals surface area contributed by atoms with E-state index in [9.17, 15) is 19.2 Å². The first kappa shape index (κ1) is 53.4. The normalized spacial score (nSPS) is 12.2. The Balaban J connectivity index is 1.14. The zero-order valence-corrected chi connectivity index (χ0v) is 49.0. The maximum absolute atomic E-state index is 13.7. The smallest absolute Gasteiger partial charge is 0.244 e. The molecule has 1 atom stereocenters. The molecule has 0 amide bonds. The molecule has 6 aromatic heterocycles. The van der Waals surface area contributed by atoms with Gasteiger partial charge in [0.2, 0.25) is 16.2 Å². The Labute approximate surface area is 494 Å². The zero-order valence-electron chi connectivity index (χ0n) is 47.3. The summed E-state index contributed by atoms with van der Waals surface area (Å²) in [7, 11) is -0.722. The summed E-state index contributed by atoms with van der Waals surface area (Å²) in [6.07, 6.45) is 21.2. The molecule has 0 N–H and O–H groups in total. The van der Waals surface area contributed by atoms with Crippen LogP contribution in [0.4, 0.5) is 0 Å². The number of allylic oxidation sites excluding steroid dienone is 6. The van der Waals surface area contributed by atoms with Gasteiger partial charge in [0.25, 0.3) is 0 Å². The van der Waals surface area contributed by atoms with Crippen molar-refractivity contribution in [3.8, 4) is 34.1 Å². The Hall–Kier alpha value is -10.6. The third-order valence-electron chi connectivity index (χ3n) is 16.3. The molecule has 0 aliphatic rings. The lowest BCUT2D eigenvalue weighted by Crippen LogP contribution is -2.00. The molecular formula is C72H52N4O8P2. The second kappa shape index (κ2) is 20.6. The van der Waals surface area contributed by atoms with Crippen molar-refractivity contribution < 1.29 is 37.7 Å². The van der Waals surface area contributed by atoms with Crippen LogP contribution in [0.3, 0.4) is 0 Å². The van der Waals surface area contributed by atoms with Crippen LogP contribution in [0.2, 0.25) is 0 Å². The van der Waals surface area contributed by atoms with E-state index in [0.717, 1.165) is 81.7 Å². The fraction of sp³-hybridized carbons (Fsp3) is 0.0556. The third kappa shape index (κ3) is 7.91. The van der Waals surface area contributed by atoms with E-state index in [4.69, 9.17) is 18.5 Å². The molecule has 86 heavy (non-hydrogen) atoms. The van der Waals surface area contributed by atoms with Crippen molar-refractivity contribution >= 4 is 138 Å². The number of ketones is 4. The standard InChI is InChI=1S/C72H52N4O8P2/c1-9-15-41-17-19-48-56(35-41)63(81-7)39-65(83-85-73-31-27-43-37-44(59(77)11-3)38-58(69(43)73)52-26-23-47(62(80)14-6)55-30-34-76(85)72(52)55)67(48)68-49-20-18-42(16-10-2)36-57(49)64(82-8)40-66(68)84-86-74-32-28-53-45(60(78)12-4)21-24-50(70(53)74)51-25-22-46(61(79)13-5)54-29-33-75(86)71(51)54/h9-40H,3-6H2,1-2,7-8H3/b15-9-,16-10+. The van der Waals surface area contributed by atoms with Gasteiger partial charge < -0.3 is 18.5 Å². The van der Waals surface area contributed by atoms with Crippen molar-refractivity contribution in [1.82, 2.24) is 16.7 Å². The topological polar surface area (TPSA) is 123 Å². The number of ether oxygens (including phenoxy) is 2. The number of rotatable bonds is 17. The Morgan fingerprint density at radius 2 is 0.767 bits per heavy atom. The summed E-state index contributed by atoms with van der Waals surface area (Å²) in [6.45, 7) is 19.3. The molecular weight excluding hydrogens is 1110 g/mol. The number of nitrogens with zero attached hydrogens (tertiary/aromatic N) is 4. The van der Waals surface area contributed by atoms with Crippen LogP contribution in [0.25, 0.3) is 110 Å². The first-order valence-electron chi connectivity index (χ1n) is 27.7. The third-order valence-corrected chi connectivity index (χ3v) is 19.9. The second-order valence-corrected chi connectivity index (χ2v) is 23.9. The van der Waals surface area contributed by atoms with Gasteiger partial charge in [-0.25, -0.2) is 0 Å². The van der Waals surface area contributed by atoms with Crippen molar-refractivity contribution in [1.29, 1.82) is 0 Å². The van der Waals surface area contributed by atoms with Gasteiger partial charge >= 0.3 is 0 Å². The lowest BCUT2D eigenvalue weighted by Gasteiger charge is -2.22. The number of fused-ring (bicyclic) bond motifs is 4. The molecule has 0 saturated heterocycles. The van der Waals surface area contributed by atoms with Crippen LogP contribution >= 0.6 is 16.2 Å². The molecule has 0 radical (unpaired) electrons. The van der Waals surface area contributed by atoms with Crippen molar-refractivity contribution in [3.05, 3.63) is 242 Å². The van der Waals surface area contributed by atoms with E-state index in [1.54, 1.807) is 14.2 Å². The molecule has 1 unspecified atom stereocenters. The van der Waals surface area contributed by atoms with Gasteiger partial charge in [0, 0.05) is 124 Å². The Bertz CT molecular complexity index is 5360. The number of carbonyl (C=O) groups excluding carboxylic acids is 4. The van der Waals surface area contributed by atoms with Crippen LogP contribution in [0.1, 0.15) is 66.4 Å². The summed E-state index contributed by atoms with van der Waals surface area (Å²) < 4.78 is 37.0. The fourth-order valence-electron chi connectivity index (χ4n) is 12.6. The van der Waals surface area contributed by atoms with E-state index in [1.807, 2.05) is 148 Å². The highest BCUT2D eigenvalue weighted by Gasteiger charge is 2.29. The molecule has 0 saturated carbocycles. The van der Waals surface area contributed by atoms with Gasteiger partial charge in [-0.15, -0.1) is 0 Å². The largest absolute Gasteiger partial charge is 0.496 e. The first-order valence-corrected chi connectivity index (χ1v) is 30.1. The number of methoxy groups -OCH3 is 2. The second-order valence-electron chi connectivity index (χ2n) is 20.8. The molecule has 14 aromatic rings. The van der Waals surface area contributed by atoms with E-state index in [2.05, 4.69) is 79.4 Å². The van der Waals surface area contributed by atoms with Crippen molar-refractivity contribution in [3.63, 3.8) is 0 Å². The lowest BCUT2D eigenvalue weighted by molar-refractivity contribution is 0.104. The Morgan fingerprint density at radius 3 is 1.16 bits per heavy atom. The predicted octanol–water partition coefficient (Wildman–Crippen LogP) is 18.5. The van der Waals surface area contributed by atoms with Crippen LogP contribution in [-0.2, 0) is 0 Å². The van der Waals surface area contributed by atoms with E-state index in [0.29, 0.717) is 72.5 Å². The van der Waals surface area contributed by atoms with Crippen LogP contribution in [0, 0.1) is 0 Å². The first-order chi connectivity index (χ1) is 41.9. The molecule has 8 aromatic carbocycles. The average Bonchev–Trinajstić information content (AvgIpc) is 1.51. The number of hydrogen-bond donors (Lipinski definition) is 0. The molecule has 6 heterocycles. The molecule has 0 spiro atoms. The quantitative estimate of drug-likeness (QED) is 0.0652. The summed E-state index contributed by atoms with van der Waals surface area (Å²) in [5.41, 5.74) is 8.27. The van der Waals surface area contributed by atoms with Crippen LogP contribution in [0.15, 0.2) is 209 Å². The van der Waals surface area contributed by atoms with E-state index in [-0.39, 0.29) is 23.1 Å². The molecule has 0 aliphatic carbocycles. The summed E-state index contributed by atoms with van der Waals surface area (Å²) in [6, 6.07) is 39.3. The molecule has 14 rings (SSSR count). The average molecular weight is 1160 g/mol. The molecule has 418 valence electrons. The fourth-order valence-corrected chi connectivity index (χ4v) is 16.3. The minimum absolute atomic E-state index is 0.224. The van der Waals surface area contributed by atoms with Crippen molar-refractivity contribution in [2.45, 2.75) is 13.8 Å². The molecule has 12 nitrogen and oxygen atoms in total. The molecule has 0 aliphatic heterocycles. The van der Waals surface area contributed by atoms with Crippen LogP contribution in [0.5, 0.6) is 23.0 Å². The summed E-state index contributed by atoms with van der Waals surface area (Å²) in [5.74, 6) is 1.06. The number of benzene rings is 8. The molecule has 0 fully saturated rings. The Morgan fingerprint density at radius 1 is 0.384 bits per heavy atom. The van der Waals surface area contributed by atoms with Gasteiger partial charge in [0.1, 0.15) is 23.0 Å². The highest BCUT2D eigenvalue weighted by molar-refractivity contribution is 7.38. The lowest BCUT2D eigenvalue weighted by atomic mass is 9.90. The predicted molar refractivity (Wildman–Crippen MR) is 352 cm³/mol. The van der Waals surface area contributed by atoms with Crippen molar-refractivity contribution in [2.75, 3.05) is 14.2 Å². The van der Waals surface area contributed by atoms with Gasteiger partial charge in [-0.3, -0.25) is 35.8 Å². The highest BCUT2D eigenvalue weighted by Crippen LogP contribution is 2.55. The van der Waals surface area contributed by atoms with E-state index >= 15 is 0 Å². The molecule has 0 bridgehead atoms. The van der Waals surface area contributed by atoms with E-state index < -0.39 is 16.2 Å². The van der Waals surface area contributed by atoms with Gasteiger partial charge in [-0.1, -0.05) is 93.1 Å². The Kier molecular flexibility index (Phi) is 12.8. The SMILES string of the molecule is C=CC(=O)c1cc2ccn3c2c(c1)c1ccc(C(=O)C=C)c2ccn(c21)p3Oc1cc(OC)c2cc(/C=C\C)ccc2c1-c1c(Op2n3ccc4c(C(=O)C=C)ccc(c5ccc(C(=O)C=C)c6ccn2c65)c43)cc(OC)c2cc(/C=C/C)ccc12. The van der Waals surface area contributed by atoms with Gasteiger partial charge in [-0.05, 0) is 127 Å². The minimum atomic E-state index is -2.03. The number of carbonyl (C=O) groups is 4. The summed E-state index contributed by atoms with van der Waals surface area (Å²) in [4.78, 5) is 54.7. The monoisotopic (exact) mass is 1160 g/mol. The molecule has 14 heteroatoms. The number of hydrogen-bond acceptors (Lipinski definition) is 8. The van der Waals surface area contributed by atoms with Gasteiger partial charge in [0.15, 0.2) is 23.1 Å². The van der Waals surface area contributed by atoms with Crippen LogP contribution < -0.4 is 18.5 Å². The maximum atomic E-state index is 13.7. The van der Waals surface area contributed by atoms with Crippen molar-refractivity contribution in [2.24, 2.45) is 0 Å². The van der Waals surface area contributed by atoms with Gasteiger partial charge in [-0.2, -0.15) is 0 Å². The van der Waals surface area contributed by atoms with Gasteiger partial charge in [0.05, 0.1) is 36.3 Å².